The predicted molar refractivity (Wildman–Crippen MR) is 88.4 cm³/mol. The molecule has 1 heterocycles. The Morgan fingerprint density at radius 2 is 2.14 bits per heavy atom. The third kappa shape index (κ3) is 3.40. The van der Waals surface area contributed by atoms with E-state index in [0.717, 1.165) is 34.2 Å². The van der Waals surface area contributed by atoms with E-state index < -0.39 is 0 Å². The number of nitrogens with zero attached hydrogens (tertiary/aromatic N) is 1. The second-order valence-electron chi connectivity index (χ2n) is 4.62. The lowest BCUT2D eigenvalue weighted by Crippen LogP contribution is -2.10. The second kappa shape index (κ2) is 6.53. The van der Waals surface area contributed by atoms with Gasteiger partial charge in [0.15, 0.2) is 5.16 Å². The number of benzene rings is 2. The summed E-state index contributed by atoms with van der Waals surface area (Å²) in [5.74, 6) is 0.752. The fourth-order valence-corrected chi connectivity index (χ4v) is 2.69. The Morgan fingerprint density at radius 1 is 1.27 bits per heavy atom. The van der Waals surface area contributed by atoms with Crippen molar-refractivity contribution in [2.24, 2.45) is 0 Å². The number of methoxy groups -OCH3 is 1. The largest absolute Gasteiger partial charge is 0.497 e. The molecule has 5 nitrogen and oxygen atoms in total. The van der Waals surface area contributed by atoms with E-state index in [1.807, 2.05) is 48.5 Å². The first-order valence-electron chi connectivity index (χ1n) is 6.78. The van der Waals surface area contributed by atoms with Gasteiger partial charge in [0.25, 0.3) is 0 Å². The summed E-state index contributed by atoms with van der Waals surface area (Å²) in [5.41, 5.74) is 2.63. The zero-order chi connectivity index (χ0) is 15.4. The minimum atomic E-state index is -0.0122. The molecule has 0 aliphatic heterocycles. The Balaban J connectivity index is 1.60. The van der Waals surface area contributed by atoms with Crippen molar-refractivity contribution >= 4 is 33.6 Å². The summed E-state index contributed by atoms with van der Waals surface area (Å²) < 4.78 is 5.15. The molecule has 1 aromatic heterocycles. The van der Waals surface area contributed by atoms with E-state index >= 15 is 0 Å². The molecule has 0 saturated carbocycles. The van der Waals surface area contributed by atoms with Crippen LogP contribution >= 0.6 is 11.8 Å². The number of rotatable bonds is 5. The normalized spacial score (nSPS) is 10.6. The quantitative estimate of drug-likeness (QED) is 0.707. The van der Waals surface area contributed by atoms with Crippen LogP contribution in [0.15, 0.2) is 53.7 Å². The molecule has 0 amide bonds. The summed E-state index contributed by atoms with van der Waals surface area (Å²) >= 11 is 1.10. The van der Waals surface area contributed by atoms with Crippen molar-refractivity contribution < 1.29 is 9.53 Å². The van der Waals surface area contributed by atoms with Crippen LogP contribution in [0.4, 0.5) is 5.69 Å². The minimum absolute atomic E-state index is 0.0122. The van der Waals surface area contributed by atoms with Crippen LogP contribution in [-0.2, 0) is 4.79 Å². The fraction of sp³-hybridized carbons (Fsp3) is 0.125. The van der Waals surface area contributed by atoms with Gasteiger partial charge in [0.05, 0.1) is 24.7 Å². The average Bonchev–Trinajstić information content (AvgIpc) is 2.95. The zero-order valence-electron chi connectivity index (χ0n) is 12.0. The summed E-state index contributed by atoms with van der Waals surface area (Å²) in [5, 5.41) is 3.68. The first kappa shape index (κ1) is 14.5. The van der Waals surface area contributed by atoms with E-state index in [2.05, 4.69) is 15.3 Å². The molecule has 0 bridgehead atoms. The number of thioether (sulfide) groups is 1. The van der Waals surface area contributed by atoms with Crippen molar-refractivity contribution in [3.8, 4) is 5.75 Å². The van der Waals surface area contributed by atoms with Crippen molar-refractivity contribution in [3.63, 3.8) is 0 Å². The van der Waals surface area contributed by atoms with E-state index in [1.54, 1.807) is 7.11 Å². The van der Waals surface area contributed by atoms with Crippen LogP contribution in [0.25, 0.3) is 11.0 Å². The summed E-state index contributed by atoms with van der Waals surface area (Å²) in [6, 6.07) is 15.2. The lowest BCUT2D eigenvalue weighted by molar-refractivity contribution is -0.109. The summed E-state index contributed by atoms with van der Waals surface area (Å²) in [6.45, 7) is 0.217. The molecular weight excluding hydrogens is 298 g/mol. The molecule has 0 aliphatic rings. The van der Waals surface area contributed by atoms with E-state index in [9.17, 15) is 4.79 Å². The van der Waals surface area contributed by atoms with E-state index in [1.165, 1.54) is 0 Å². The molecule has 6 heteroatoms. The van der Waals surface area contributed by atoms with Crippen LogP contribution in [0.3, 0.4) is 0 Å². The Hall–Kier alpha value is -2.47. The number of aromatic nitrogens is 2. The van der Waals surface area contributed by atoms with Crippen LogP contribution in [0.2, 0.25) is 0 Å². The van der Waals surface area contributed by atoms with Gasteiger partial charge in [0.1, 0.15) is 5.75 Å². The maximum atomic E-state index is 12.0. The Labute approximate surface area is 132 Å². The molecule has 0 aliphatic carbocycles. The number of imidazole rings is 1. The molecule has 2 aromatic carbocycles. The van der Waals surface area contributed by atoms with Gasteiger partial charge in [-0.15, -0.1) is 0 Å². The van der Waals surface area contributed by atoms with Crippen molar-refractivity contribution in [2.45, 2.75) is 5.16 Å². The number of fused-ring (bicyclic) bond motifs is 1. The number of ether oxygens (including phenoxy) is 1. The Morgan fingerprint density at radius 3 is 2.95 bits per heavy atom. The summed E-state index contributed by atoms with van der Waals surface area (Å²) in [6.07, 6.45) is 0. The van der Waals surface area contributed by atoms with Crippen LogP contribution in [-0.4, -0.2) is 28.7 Å². The molecular formula is C16H15N3O2S. The highest BCUT2D eigenvalue weighted by molar-refractivity contribution is 8.13. The standard InChI is InChI=1S/C16H15N3O2S/c1-21-12-6-4-5-11(9-12)17-10-15(20)22-16-18-13-7-2-3-8-14(13)19-16/h2-9,17H,10H2,1H3,(H,18,19). The van der Waals surface area contributed by atoms with Crippen molar-refractivity contribution in [1.29, 1.82) is 0 Å². The first-order valence-corrected chi connectivity index (χ1v) is 7.59. The van der Waals surface area contributed by atoms with Crippen LogP contribution in [0, 0.1) is 0 Å². The maximum absolute atomic E-state index is 12.0. The molecule has 3 aromatic rings. The van der Waals surface area contributed by atoms with Crippen LogP contribution < -0.4 is 10.1 Å². The number of para-hydroxylation sites is 2. The number of carbonyl (C=O) groups excluding carboxylic acids is 1. The van der Waals surface area contributed by atoms with Gasteiger partial charge in [-0.1, -0.05) is 18.2 Å². The van der Waals surface area contributed by atoms with Gasteiger partial charge in [-0.2, -0.15) is 0 Å². The Kier molecular flexibility index (Phi) is 4.29. The SMILES string of the molecule is COc1cccc(NCC(=O)Sc2nc3ccccc3[nH]2)c1. The third-order valence-corrected chi connectivity index (χ3v) is 3.84. The van der Waals surface area contributed by atoms with Crippen LogP contribution in [0.5, 0.6) is 5.75 Å². The second-order valence-corrected chi connectivity index (χ2v) is 5.66. The highest BCUT2D eigenvalue weighted by Gasteiger charge is 2.09. The summed E-state index contributed by atoms with van der Waals surface area (Å²) in [4.78, 5) is 19.5. The van der Waals surface area contributed by atoms with Crippen LogP contribution in [0.1, 0.15) is 0 Å². The molecule has 0 saturated heterocycles. The predicted octanol–water partition coefficient (Wildman–Crippen LogP) is 3.30. The van der Waals surface area contributed by atoms with Gasteiger partial charge < -0.3 is 15.0 Å². The monoisotopic (exact) mass is 313 g/mol. The molecule has 22 heavy (non-hydrogen) atoms. The first-order chi connectivity index (χ1) is 10.7. The van der Waals surface area contributed by atoms with Crippen molar-refractivity contribution in [3.05, 3.63) is 48.5 Å². The highest BCUT2D eigenvalue weighted by atomic mass is 32.2. The van der Waals surface area contributed by atoms with Gasteiger partial charge in [-0.3, -0.25) is 4.79 Å². The lowest BCUT2D eigenvalue weighted by atomic mass is 10.3. The average molecular weight is 313 g/mol. The van der Waals surface area contributed by atoms with E-state index in [4.69, 9.17) is 4.74 Å². The molecule has 0 spiro atoms. The zero-order valence-corrected chi connectivity index (χ0v) is 12.8. The highest BCUT2D eigenvalue weighted by Crippen LogP contribution is 2.21. The van der Waals surface area contributed by atoms with Gasteiger partial charge >= 0.3 is 0 Å². The summed E-state index contributed by atoms with van der Waals surface area (Å²) in [7, 11) is 1.61. The maximum Gasteiger partial charge on any atom is 0.215 e. The molecule has 0 atom stereocenters. The lowest BCUT2D eigenvalue weighted by Gasteiger charge is -2.06. The van der Waals surface area contributed by atoms with E-state index in [0.29, 0.717) is 5.16 Å². The number of anilines is 1. The molecule has 0 radical (unpaired) electrons. The number of aromatic amines is 1. The van der Waals surface area contributed by atoms with Gasteiger partial charge in [-0.25, -0.2) is 4.98 Å². The smallest absolute Gasteiger partial charge is 0.215 e. The number of hydrogen-bond donors (Lipinski definition) is 2. The third-order valence-electron chi connectivity index (χ3n) is 3.08. The fourth-order valence-electron chi connectivity index (χ4n) is 2.03. The van der Waals surface area contributed by atoms with Crippen molar-refractivity contribution in [2.75, 3.05) is 19.0 Å². The van der Waals surface area contributed by atoms with Gasteiger partial charge in [0, 0.05) is 11.8 Å². The van der Waals surface area contributed by atoms with Gasteiger partial charge in [0.2, 0.25) is 5.12 Å². The van der Waals surface area contributed by atoms with E-state index in [-0.39, 0.29) is 11.7 Å². The number of hydrogen-bond acceptors (Lipinski definition) is 5. The number of nitrogens with one attached hydrogen (secondary N) is 2. The number of H-pyrrole nitrogens is 1. The molecule has 0 fully saturated rings. The molecule has 0 unspecified atom stereocenters. The molecule has 112 valence electrons. The molecule has 2 N–H and O–H groups in total. The van der Waals surface area contributed by atoms with Gasteiger partial charge in [-0.05, 0) is 36.0 Å². The molecule has 3 rings (SSSR count). The Bertz CT molecular complexity index is 768. The van der Waals surface area contributed by atoms with Crippen molar-refractivity contribution in [1.82, 2.24) is 9.97 Å². The topological polar surface area (TPSA) is 67.0 Å². The number of carbonyl (C=O) groups is 1. The minimum Gasteiger partial charge on any atom is -0.497 e.